The number of hydrogen-bond donors (Lipinski definition) is 2. The highest BCUT2D eigenvalue weighted by Gasteiger charge is 2.19. The first kappa shape index (κ1) is 22.3. The average Bonchev–Trinajstić information content (AvgIpc) is 3.51. The Kier molecular flexibility index (Phi) is 6.14. The van der Waals surface area contributed by atoms with Crippen molar-refractivity contribution in [2.45, 2.75) is 0 Å². The smallest absolute Gasteiger partial charge is 0.258 e. The van der Waals surface area contributed by atoms with Gasteiger partial charge in [-0.25, -0.2) is 4.98 Å². The Bertz CT molecular complexity index is 1550. The van der Waals surface area contributed by atoms with Gasteiger partial charge in [-0.15, -0.1) is 11.3 Å². The fourth-order valence-electron chi connectivity index (χ4n) is 3.33. The van der Waals surface area contributed by atoms with Crippen molar-refractivity contribution in [3.05, 3.63) is 104 Å². The van der Waals surface area contributed by atoms with Crippen molar-refractivity contribution < 1.29 is 4.79 Å². The minimum Gasteiger partial charge on any atom is -0.306 e. The number of nitrogens with zero attached hydrogens (tertiary/aromatic N) is 3. The summed E-state index contributed by atoms with van der Waals surface area (Å²) in [6.45, 7) is 0. The summed E-state index contributed by atoms with van der Waals surface area (Å²) in [5, 5.41) is 9.72. The van der Waals surface area contributed by atoms with Crippen LogP contribution in [0.5, 0.6) is 0 Å². The first-order chi connectivity index (χ1) is 16.5. The van der Waals surface area contributed by atoms with Gasteiger partial charge in [0.25, 0.3) is 11.5 Å². The Morgan fingerprint density at radius 1 is 1.03 bits per heavy atom. The molecule has 3 aromatic heterocycles. The number of amides is 1. The standard InChI is InChI=1S/C24H15BrClN5O2S/c25-15-8-9-17(26)16(11-15)23(33)28-21-12-19(20-7-4-10-34-20)30-31(21)24-27-18(13-22(32)29-24)14-5-2-1-3-6-14/h1-13H,(H,28,33)(H,27,29,32). The molecule has 0 saturated carbocycles. The predicted octanol–water partition coefficient (Wildman–Crippen LogP) is 6.02. The van der Waals surface area contributed by atoms with Gasteiger partial charge in [0.05, 0.1) is 21.2 Å². The van der Waals surface area contributed by atoms with Crippen LogP contribution >= 0.6 is 38.9 Å². The Morgan fingerprint density at radius 2 is 1.85 bits per heavy atom. The molecule has 10 heteroatoms. The van der Waals surface area contributed by atoms with Crippen LogP contribution in [-0.4, -0.2) is 25.7 Å². The molecule has 5 aromatic rings. The maximum atomic E-state index is 13.1. The normalized spacial score (nSPS) is 10.9. The molecule has 2 aromatic carbocycles. The van der Waals surface area contributed by atoms with E-state index in [4.69, 9.17) is 11.6 Å². The number of hydrogen-bond acceptors (Lipinski definition) is 5. The van der Waals surface area contributed by atoms with Crippen molar-refractivity contribution in [1.82, 2.24) is 19.7 Å². The molecule has 0 fully saturated rings. The zero-order valence-electron chi connectivity index (χ0n) is 17.3. The topological polar surface area (TPSA) is 92.7 Å². The van der Waals surface area contributed by atoms with E-state index in [2.05, 4.69) is 36.3 Å². The summed E-state index contributed by atoms with van der Waals surface area (Å²) in [6, 6.07) is 21.4. The molecule has 3 heterocycles. The molecule has 0 atom stereocenters. The molecule has 5 rings (SSSR count). The van der Waals surface area contributed by atoms with Gasteiger partial charge in [0.15, 0.2) is 0 Å². The molecule has 0 saturated heterocycles. The first-order valence-electron chi connectivity index (χ1n) is 10.1. The molecule has 0 aliphatic carbocycles. The van der Waals surface area contributed by atoms with Crippen LogP contribution in [0.15, 0.2) is 87.4 Å². The van der Waals surface area contributed by atoms with Crippen molar-refractivity contribution >= 4 is 50.6 Å². The van der Waals surface area contributed by atoms with Gasteiger partial charge in [-0.3, -0.25) is 14.6 Å². The number of halogens is 2. The summed E-state index contributed by atoms with van der Waals surface area (Å²) in [5.41, 5.74) is 1.84. The minimum absolute atomic E-state index is 0.171. The maximum Gasteiger partial charge on any atom is 0.258 e. The van der Waals surface area contributed by atoms with Gasteiger partial charge in [-0.05, 0) is 29.6 Å². The highest BCUT2D eigenvalue weighted by molar-refractivity contribution is 9.10. The Labute approximate surface area is 211 Å². The number of aromatic nitrogens is 4. The van der Waals surface area contributed by atoms with E-state index >= 15 is 0 Å². The summed E-state index contributed by atoms with van der Waals surface area (Å²) < 4.78 is 2.13. The summed E-state index contributed by atoms with van der Waals surface area (Å²) in [5.74, 6) is 0.0781. The van der Waals surface area contributed by atoms with Crippen molar-refractivity contribution in [2.75, 3.05) is 5.32 Å². The summed E-state index contributed by atoms with van der Waals surface area (Å²) in [7, 11) is 0. The lowest BCUT2D eigenvalue weighted by Crippen LogP contribution is -2.19. The lowest BCUT2D eigenvalue weighted by atomic mass is 10.1. The van der Waals surface area contributed by atoms with Crippen LogP contribution in [0.1, 0.15) is 10.4 Å². The van der Waals surface area contributed by atoms with Crippen LogP contribution in [-0.2, 0) is 0 Å². The van der Waals surface area contributed by atoms with E-state index in [9.17, 15) is 9.59 Å². The summed E-state index contributed by atoms with van der Waals surface area (Å²) in [6.07, 6.45) is 0. The number of nitrogens with one attached hydrogen (secondary N) is 2. The first-order valence-corrected chi connectivity index (χ1v) is 12.1. The third-order valence-corrected chi connectivity index (χ3v) is 6.61. The fourth-order valence-corrected chi connectivity index (χ4v) is 4.58. The molecule has 1 amide bonds. The number of carbonyl (C=O) groups is 1. The predicted molar refractivity (Wildman–Crippen MR) is 138 cm³/mol. The van der Waals surface area contributed by atoms with E-state index in [-0.39, 0.29) is 11.5 Å². The van der Waals surface area contributed by atoms with Gasteiger partial charge in [0.2, 0.25) is 5.95 Å². The van der Waals surface area contributed by atoms with Crippen molar-refractivity contribution in [2.24, 2.45) is 0 Å². The van der Waals surface area contributed by atoms with Crippen LogP contribution in [0.2, 0.25) is 5.02 Å². The Balaban J connectivity index is 1.61. The molecule has 168 valence electrons. The molecule has 7 nitrogen and oxygen atoms in total. The SMILES string of the molecule is O=C(Nc1cc(-c2cccs2)nn1-c1nc(-c2ccccc2)cc(=O)[nH]1)c1cc(Br)ccc1Cl. The minimum atomic E-state index is -0.424. The van der Waals surface area contributed by atoms with Gasteiger partial charge >= 0.3 is 0 Å². The second kappa shape index (κ2) is 9.38. The molecule has 0 aliphatic heterocycles. The lowest BCUT2D eigenvalue weighted by molar-refractivity contribution is 0.102. The van der Waals surface area contributed by atoms with Gasteiger partial charge in [-0.2, -0.15) is 9.78 Å². The van der Waals surface area contributed by atoms with E-state index in [1.807, 2.05) is 47.8 Å². The van der Waals surface area contributed by atoms with Gasteiger partial charge < -0.3 is 5.32 Å². The summed E-state index contributed by atoms with van der Waals surface area (Å²) >= 11 is 11.1. The van der Waals surface area contributed by atoms with Crippen LogP contribution in [0.25, 0.3) is 27.8 Å². The van der Waals surface area contributed by atoms with E-state index in [0.717, 1.165) is 14.9 Å². The van der Waals surface area contributed by atoms with Crippen molar-refractivity contribution in [1.29, 1.82) is 0 Å². The third kappa shape index (κ3) is 4.58. The third-order valence-electron chi connectivity index (χ3n) is 4.90. The van der Waals surface area contributed by atoms with E-state index in [0.29, 0.717) is 27.8 Å². The van der Waals surface area contributed by atoms with Crippen LogP contribution in [0.3, 0.4) is 0 Å². The second-order valence-electron chi connectivity index (χ2n) is 7.20. The van der Waals surface area contributed by atoms with Gasteiger partial charge in [0.1, 0.15) is 11.5 Å². The fraction of sp³-hybridized carbons (Fsp3) is 0. The Hall–Kier alpha value is -3.53. The highest BCUT2D eigenvalue weighted by Crippen LogP contribution is 2.29. The number of H-pyrrole nitrogens is 1. The zero-order valence-corrected chi connectivity index (χ0v) is 20.5. The number of carbonyl (C=O) groups excluding carboxylic acids is 1. The number of thiophene rings is 1. The molecule has 34 heavy (non-hydrogen) atoms. The van der Waals surface area contributed by atoms with Crippen LogP contribution < -0.4 is 10.9 Å². The molecular formula is C24H15BrClN5O2S. The lowest BCUT2D eigenvalue weighted by Gasteiger charge is -2.10. The van der Waals surface area contributed by atoms with E-state index in [1.165, 1.54) is 22.1 Å². The number of benzene rings is 2. The van der Waals surface area contributed by atoms with Crippen molar-refractivity contribution in [3.8, 4) is 27.8 Å². The van der Waals surface area contributed by atoms with Crippen LogP contribution in [0, 0.1) is 0 Å². The highest BCUT2D eigenvalue weighted by atomic mass is 79.9. The van der Waals surface area contributed by atoms with Crippen LogP contribution in [0.4, 0.5) is 5.82 Å². The molecule has 2 N–H and O–H groups in total. The number of anilines is 1. The molecular weight excluding hydrogens is 538 g/mol. The summed E-state index contributed by atoms with van der Waals surface area (Å²) in [4.78, 5) is 33.8. The average molecular weight is 553 g/mol. The largest absolute Gasteiger partial charge is 0.306 e. The van der Waals surface area contributed by atoms with Gasteiger partial charge in [-0.1, -0.05) is 63.9 Å². The number of aromatic amines is 1. The van der Waals surface area contributed by atoms with E-state index < -0.39 is 5.91 Å². The monoisotopic (exact) mass is 551 g/mol. The molecule has 0 spiro atoms. The zero-order chi connectivity index (χ0) is 23.7. The molecule has 0 unspecified atom stereocenters. The molecule has 0 radical (unpaired) electrons. The van der Waals surface area contributed by atoms with E-state index in [1.54, 1.807) is 24.3 Å². The Morgan fingerprint density at radius 3 is 2.62 bits per heavy atom. The number of rotatable bonds is 5. The maximum absolute atomic E-state index is 13.1. The van der Waals surface area contributed by atoms with Gasteiger partial charge in [0, 0.05) is 22.2 Å². The van der Waals surface area contributed by atoms with Crippen molar-refractivity contribution in [3.63, 3.8) is 0 Å². The second-order valence-corrected chi connectivity index (χ2v) is 9.47. The quantitative estimate of drug-likeness (QED) is 0.279. The molecule has 0 aliphatic rings. The molecule has 0 bridgehead atoms.